The van der Waals surface area contributed by atoms with Gasteiger partial charge in [-0.25, -0.2) is 0 Å². The van der Waals surface area contributed by atoms with Crippen molar-refractivity contribution in [2.24, 2.45) is 0 Å². The summed E-state index contributed by atoms with van der Waals surface area (Å²) in [7, 11) is 0. The molecule has 12 heteroatoms. The number of carboxylic acid groups (broad SMARTS) is 3. The number of carboxylic acids is 3. The SMILES string of the molecule is C.C.CC(=O)C(=O)[O-].CC(=O)C(=O)[O-].CC(=O)C(C)(O)C(=O)[O-].O=C=O. The number of aliphatic hydroxyl groups is 1. The number of Topliss-reactive ketones (excluding diaryl/α,β-unsaturated/α-hetero) is 3. The van der Waals surface area contributed by atoms with Gasteiger partial charge in [-0.05, 0) is 13.8 Å². The molecule has 1 N–H and O–H groups in total. The number of rotatable bonds is 4. The maximum Gasteiger partial charge on any atom is 0.373 e. The van der Waals surface area contributed by atoms with E-state index in [4.69, 9.17) is 14.7 Å². The van der Waals surface area contributed by atoms with Gasteiger partial charge in [0.1, 0.15) is 11.9 Å². The third-order valence-corrected chi connectivity index (χ3v) is 1.66. The van der Waals surface area contributed by atoms with Crippen molar-refractivity contribution in [2.75, 3.05) is 0 Å². The molecule has 0 aliphatic rings. The molecule has 152 valence electrons. The molecule has 0 amide bonds. The van der Waals surface area contributed by atoms with Crippen LogP contribution in [0.3, 0.4) is 0 Å². The number of carbonyl (C=O) groups excluding carboxylic acids is 8. The van der Waals surface area contributed by atoms with Gasteiger partial charge < -0.3 is 34.8 Å². The van der Waals surface area contributed by atoms with Crippen LogP contribution in [0.4, 0.5) is 0 Å². The van der Waals surface area contributed by atoms with E-state index in [1.54, 1.807) is 0 Å². The zero-order valence-corrected chi connectivity index (χ0v) is 12.9. The fourth-order valence-electron chi connectivity index (χ4n) is 0.144. The quantitative estimate of drug-likeness (QED) is 0.358. The molecule has 26 heavy (non-hydrogen) atoms. The van der Waals surface area contributed by atoms with Gasteiger partial charge in [0.2, 0.25) is 0 Å². The minimum absolute atomic E-state index is 0. The first-order valence-electron chi connectivity index (χ1n) is 5.47. The Morgan fingerprint density at radius 1 is 0.769 bits per heavy atom. The fourth-order valence-corrected chi connectivity index (χ4v) is 0.144. The highest BCUT2D eigenvalue weighted by Crippen LogP contribution is 2.01. The Morgan fingerprint density at radius 2 is 0.923 bits per heavy atom. The Hall–Kier alpha value is -3.24. The first-order chi connectivity index (χ1) is 10.6. The van der Waals surface area contributed by atoms with E-state index in [1.807, 2.05) is 0 Å². The molecule has 0 saturated heterocycles. The van der Waals surface area contributed by atoms with Crippen molar-refractivity contribution in [2.45, 2.75) is 48.1 Å². The predicted octanol–water partition coefficient (Wildman–Crippen LogP) is -4.58. The van der Waals surface area contributed by atoms with Gasteiger partial charge in [0.15, 0.2) is 23.0 Å². The molecule has 0 aromatic heterocycles. The van der Waals surface area contributed by atoms with Crippen molar-refractivity contribution in [3.63, 3.8) is 0 Å². The maximum atomic E-state index is 10.2. The summed E-state index contributed by atoms with van der Waals surface area (Å²) in [6.45, 7) is 3.74. The van der Waals surface area contributed by atoms with Crippen LogP contribution in [0.1, 0.15) is 42.5 Å². The third kappa shape index (κ3) is 28.9. The zero-order valence-electron chi connectivity index (χ0n) is 12.9. The molecule has 0 radical (unpaired) electrons. The van der Waals surface area contributed by atoms with E-state index >= 15 is 0 Å². The lowest BCUT2D eigenvalue weighted by molar-refractivity contribution is -0.320. The molecule has 0 rings (SSSR count). The highest BCUT2D eigenvalue weighted by atomic mass is 16.4. The summed E-state index contributed by atoms with van der Waals surface area (Å²) >= 11 is 0. The second-order valence-corrected chi connectivity index (χ2v) is 3.69. The zero-order chi connectivity index (χ0) is 20.7. The molecular formula is C14H21O12-3. The Balaban J connectivity index is -0.0000000529. The molecule has 12 nitrogen and oxygen atoms in total. The number of ketones is 3. The smallest absolute Gasteiger partial charge is 0.373 e. The number of carbonyl (C=O) groups is 6. The first-order valence-corrected chi connectivity index (χ1v) is 5.47. The van der Waals surface area contributed by atoms with Crippen molar-refractivity contribution in [1.29, 1.82) is 0 Å². The lowest BCUT2D eigenvalue weighted by Gasteiger charge is -2.19. The Labute approximate surface area is 149 Å². The lowest BCUT2D eigenvalue weighted by atomic mass is 10.0. The van der Waals surface area contributed by atoms with E-state index in [-0.39, 0.29) is 21.0 Å². The summed E-state index contributed by atoms with van der Waals surface area (Å²) in [5, 5.41) is 37.0. The highest BCUT2D eigenvalue weighted by molar-refractivity contribution is 6.30. The lowest BCUT2D eigenvalue weighted by Crippen LogP contribution is -2.50. The number of hydrogen-bond acceptors (Lipinski definition) is 12. The van der Waals surface area contributed by atoms with E-state index < -0.39 is 40.9 Å². The molecular weight excluding hydrogens is 360 g/mol. The second-order valence-electron chi connectivity index (χ2n) is 3.69. The molecule has 0 saturated carbocycles. The second kappa shape index (κ2) is 19.8. The summed E-state index contributed by atoms with van der Waals surface area (Å²) in [4.78, 5) is 73.8. The van der Waals surface area contributed by atoms with Crippen LogP contribution in [0.15, 0.2) is 0 Å². The van der Waals surface area contributed by atoms with Crippen molar-refractivity contribution < 1.29 is 58.8 Å². The molecule has 0 aliphatic heterocycles. The van der Waals surface area contributed by atoms with Crippen molar-refractivity contribution in [1.82, 2.24) is 0 Å². The van der Waals surface area contributed by atoms with Crippen LogP contribution in [0.2, 0.25) is 0 Å². The van der Waals surface area contributed by atoms with Gasteiger partial charge in [-0.15, -0.1) is 0 Å². The number of aliphatic carboxylic acids is 3. The highest BCUT2D eigenvalue weighted by Gasteiger charge is 2.27. The molecule has 1 unspecified atom stereocenters. The molecule has 0 aromatic carbocycles. The largest absolute Gasteiger partial charge is 0.547 e. The van der Waals surface area contributed by atoms with Gasteiger partial charge in [-0.2, -0.15) is 9.59 Å². The van der Waals surface area contributed by atoms with Crippen LogP contribution in [0.5, 0.6) is 0 Å². The standard InChI is InChI=1S/C5H8O4.2C3H4O3.CO2.2CH4/c1-3(6)5(2,9)4(7)8;2*1-2(4)3(5)6;2-1-3;;/h9H,1-2H3,(H,7,8);2*1H3,(H,5,6);;2*1H4/p-3. The predicted molar refractivity (Wildman–Crippen MR) is 76.2 cm³/mol. The monoisotopic (exact) mass is 381 g/mol. The Morgan fingerprint density at radius 3 is 0.923 bits per heavy atom. The van der Waals surface area contributed by atoms with Gasteiger partial charge in [0.25, 0.3) is 0 Å². The summed E-state index contributed by atoms with van der Waals surface area (Å²) in [5.41, 5.74) is -2.33. The minimum atomic E-state index is -2.33. The van der Waals surface area contributed by atoms with Crippen LogP contribution >= 0.6 is 0 Å². The molecule has 0 aliphatic carbocycles. The van der Waals surface area contributed by atoms with Crippen LogP contribution < -0.4 is 15.3 Å². The van der Waals surface area contributed by atoms with Crippen molar-refractivity contribution in [3.05, 3.63) is 0 Å². The summed E-state index contributed by atoms with van der Waals surface area (Å²) in [6.07, 6.45) is 0.250. The van der Waals surface area contributed by atoms with Gasteiger partial charge in [0.05, 0.1) is 5.97 Å². The summed E-state index contributed by atoms with van der Waals surface area (Å²) in [6, 6.07) is 0. The Kier molecular flexibility index (Phi) is 29.2. The van der Waals surface area contributed by atoms with Gasteiger partial charge in [-0.3, -0.25) is 14.4 Å². The van der Waals surface area contributed by atoms with Crippen molar-refractivity contribution in [3.8, 4) is 0 Å². The summed E-state index contributed by atoms with van der Waals surface area (Å²) in [5.74, 6) is -7.73. The molecule has 0 bridgehead atoms. The maximum absolute atomic E-state index is 10.2. The van der Waals surface area contributed by atoms with E-state index in [2.05, 4.69) is 0 Å². The van der Waals surface area contributed by atoms with Crippen LogP contribution in [0, 0.1) is 0 Å². The average Bonchev–Trinajstić information content (AvgIpc) is 2.40. The normalized spacial score (nSPS) is 9.42. The van der Waals surface area contributed by atoms with E-state index in [0.717, 1.165) is 27.7 Å². The third-order valence-electron chi connectivity index (χ3n) is 1.66. The molecule has 0 aromatic rings. The van der Waals surface area contributed by atoms with Gasteiger partial charge in [-0.1, -0.05) is 14.9 Å². The van der Waals surface area contributed by atoms with Crippen molar-refractivity contribution >= 4 is 41.4 Å². The average molecular weight is 381 g/mol. The fraction of sp³-hybridized carbons (Fsp3) is 0.500. The molecule has 0 heterocycles. The van der Waals surface area contributed by atoms with E-state index in [1.165, 1.54) is 0 Å². The molecule has 0 spiro atoms. The summed E-state index contributed by atoms with van der Waals surface area (Å²) < 4.78 is 0. The first kappa shape index (κ1) is 38.4. The van der Waals surface area contributed by atoms with Crippen LogP contribution in [-0.4, -0.2) is 52.1 Å². The van der Waals surface area contributed by atoms with Gasteiger partial charge in [0, 0.05) is 13.8 Å². The number of hydrogen-bond donors (Lipinski definition) is 1. The molecule has 0 fully saturated rings. The minimum Gasteiger partial charge on any atom is -0.547 e. The Bertz CT molecular complexity index is 460. The van der Waals surface area contributed by atoms with E-state index in [0.29, 0.717) is 0 Å². The van der Waals surface area contributed by atoms with Gasteiger partial charge >= 0.3 is 6.15 Å². The molecule has 1 atom stereocenters. The van der Waals surface area contributed by atoms with E-state index in [9.17, 15) is 44.1 Å². The van der Waals surface area contributed by atoms with Crippen LogP contribution in [-0.2, 0) is 38.4 Å². The van der Waals surface area contributed by atoms with Crippen LogP contribution in [0.25, 0.3) is 0 Å². The topological polar surface area (TPSA) is 226 Å².